The third-order valence-corrected chi connectivity index (χ3v) is 29.1. The van der Waals surface area contributed by atoms with Gasteiger partial charge in [0.2, 0.25) is 0 Å². The van der Waals surface area contributed by atoms with E-state index in [4.69, 9.17) is 0 Å². The van der Waals surface area contributed by atoms with E-state index in [1.807, 2.05) is 0 Å². The number of hydrogen-bond acceptors (Lipinski definition) is 3. The highest BCUT2D eigenvalue weighted by Gasteiger charge is 2.26. The first-order valence-electron chi connectivity index (χ1n) is 51.2. The SMILES string of the molecule is c1ccc(-c2ccc(N(c3ccc(-c4cccc(-c5cccc(-c6cccc(-c7ccc(N(c8ccc(-c9cccc(-c%10cccc(-c%11ccc%12c(c%11)cc(-c%11ccc(N(c%13ccccc%13)c%13ccc(-c%14cccc(-c%15ccccc%15)c%14-c%14ccccc%14)cc%13)cc%11)c%11ccccc%11%12)c%10)c9-c9ccccc9)cc8)c8ccccc8-c8ccccc8)cc7)c6)c5)c4-c4ccccc4)cc3)c3cccc(-c4ccccc4)c3)cc2)cc1. The van der Waals surface area contributed by atoms with E-state index in [2.05, 4.69) is 627 Å². The molecule has 0 spiro atoms. The third kappa shape index (κ3) is 18.5. The Labute approximate surface area is 871 Å². The van der Waals surface area contributed by atoms with Gasteiger partial charge in [-0.2, -0.15) is 0 Å². The number of fused-ring (bicyclic) bond motifs is 3. The normalized spacial score (nSPS) is 11.2. The fourth-order valence-electron chi connectivity index (χ4n) is 21.9. The molecular weight excluding hydrogens is 1800 g/mol. The minimum Gasteiger partial charge on any atom is -0.311 e. The third-order valence-electron chi connectivity index (χ3n) is 29.1. The number of hydrogen-bond donors (Lipinski definition) is 0. The molecule has 3 heteroatoms. The lowest BCUT2D eigenvalue weighted by Gasteiger charge is -2.28. The van der Waals surface area contributed by atoms with Gasteiger partial charge in [0.15, 0.2) is 0 Å². The average molecular weight is 1900 g/mol. The van der Waals surface area contributed by atoms with Crippen LogP contribution < -0.4 is 14.7 Å². The molecule has 0 saturated carbocycles. The zero-order valence-corrected chi connectivity index (χ0v) is 82.2. The number of anilines is 9. The van der Waals surface area contributed by atoms with Crippen LogP contribution in [0.3, 0.4) is 0 Å². The van der Waals surface area contributed by atoms with E-state index >= 15 is 0 Å². The molecule has 0 aliphatic heterocycles. The predicted molar refractivity (Wildman–Crippen MR) is 632 cm³/mol. The van der Waals surface area contributed by atoms with E-state index in [1.165, 1.54) is 82.7 Å². The molecule has 0 N–H and O–H groups in total. The summed E-state index contributed by atoms with van der Waals surface area (Å²) in [5.41, 5.74) is 46.7. The van der Waals surface area contributed by atoms with Crippen molar-refractivity contribution >= 4 is 72.7 Å². The Kier molecular flexibility index (Phi) is 25.0. The van der Waals surface area contributed by atoms with Gasteiger partial charge < -0.3 is 14.7 Å². The van der Waals surface area contributed by atoms with E-state index in [1.54, 1.807) is 0 Å². The second-order valence-corrected chi connectivity index (χ2v) is 38.1. The van der Waals surface area contributed by atoms with Crippen molar-refractivity contribution in [3.8, 4) is 178 Å². The summed E-state index contributed by atoms with van der Waals surface area (Å²) in [6.07, 6.45) is 0. The van der Waals surface area contributed by atoms with Gasteiger partial charge >= 0.3 is 0 Å². The summed E-state index contributed by atoms with van der Waals surface area (Å²) >= 11 is 0. The topological polar surface area (TPSA) is 9.72 Å². The Hall–Kier alpha value is -19.6. The Balaban J connectivity index is 0.505. The summed E-state index contributed by atoms with van der Waals surface area (Å²) in [6, 6.07) is 224. The van der Waals surface area contributed by atoms with Gasteiger partial charge in [-0.25, -0.2) is 0 Å². The van der Waals surface area contributed by atoms with Crippen LogP contribution in [0.25, 0.3) is 200 Å². The molecule has 0 unspecified atom stereocenters. The van der Waals surface area contributed by atoms with Gasteiger partial charge in [0, 0.05) is 51.1 Å². The number of para-hydroxylation sites is 2. The van der Waals surface area contributed by atoms with Crippen molar-refractivity contribution in [2.75, 3.05) is 14.7 Å². The molecule has 0 fully saturated rings. The summed E-state index contributed by atoms with van der Waals surface area (Å²) in [6.45, 7) is 0. The van der Waals surface area contributed by atoms with Gasteiger partial charge in [0.1, 0.15) is 0 Å². The number of nitrogens with zero attached hydrogens (tertiary/aromatic N) is 3. The van der Waals surface area contributed by atoms with Crippen LogP contribution in [-0.2, 0) is 0 Å². The van der Waals surface area contributed by atoms with Crippen molar-refractivity contribution in [2.45, 2.75) is 0 Å². The lowest BCUT2D eigenvalue weighted by Crippen LogP contribution is -2.11. The molecule has 0 aromatic heterocycles. The van der Waals surface area contributed by atoms with Crippen LogP contribution in [0.2, 0.25) is 0 Å². The van der Waals surface area contributed by atoms with Crippen molar-refractivity contribution in [3.63, 3.8) is 0 Å². The molecule has 0 radical (unpaired) electrons. The van der Waals surface area contributed by atoms with E-state index in [0.717, 1.165) is 168 Å². The summed E-state index contributed by atoms with van der Waals surface area (Å²) in [5, 5.41) is 4.83. The summed E-state index contributed by atoms with van der Waals surface area (Å²) < 4.78 is 0. The fraction of sp³-hybridized carbons (Fsp3) is 0. The van der Waals surface area contributed by atoms with Gasteiger partial charge in [0.25, 0.3) is 0 Å². The van der Waals surface area contributed by atoms with Crippen molar-refractivity contribution in [3.05, 3.63) is 613 Å². The molecule has 25 aromatic carbocycles. The second-order valence-electron chi connectivity index (χ2n) is 38.1. The van der Waals surface area contributed by atoms with Gasteiger partial charge in [0.05, 0.1) is 5.69 Å². The molecular formula is C146H101N3. The molecule has 3 nitrogen and oxygen atoms in total. The molecule has 149 heavy (non-hydrogen) atoms. The molecule has 700 valence electrons. The minimum absolute atomic E-state index is 1.04. The Morgan fingerprint density at radius 3 is 0.732 bits per heavy atom. The van der Waals surface area contributed by atoms with Crippen molar-refractivity contribution in [1.29, 1.82) is 0 Å². The monoisotopic (exact) mass is 1900 g/mol. The number of benzene rings is 25. The fourth-order valence-corrected chi connectivity index (χ4v) is 21.9. The maximum Gasteiger partial charge on any atom is 0.0540 e. The molecule has 0 bridgehead atoms. The largest absolute Gasteiger partial charge is 0.311 e. The van der Waals surface area contributed by atoms with Crippen LogP contribution in [0.5, 0.6) is 0 Å². The molecule has 0 atom stereocenters. The van der Waals surface area contributed by atoms with Gasteiger partial charge in [-0.3, -0.25) is 0 Å². The van der Waals surface area contributed by atoms with E-state index in [-0.39, 0.29) is 0 Å². The van der Waals surface area contributed by atoms with Crippen LogP contribution >= 0.6 is 0 Å². The van der Waals surface area contributed by atoms with Crippen molar-refractivity contribution in [2.24, 2.45) is 0 Å². The highest BCUT2D eigenvalue weighted by Crippen LogP contribution is 2.51. The Bertz CT molecular complexity index is 9080. The summed E-state index contributed by atoms with van der Waals surface area (Å²) in [7, 11) is 0. The lowest BCUT2D eigenvalue weighted by molar-refractivity contribution is 1.28. The first kappa shape index (κ1) is 90.7. The summed E-state index contributed by atoms with van der Waals surface area (Å²) in [4.78, 5) is 7.15. The molecule has 0 aliphatic carbocycles. The lowest BCUT2D eigenvalue weighted by atomic mass is 9.86. The van der Waals surface area contributed by atoms with Crippen molar-refractivity contribution in [1.82, 2.24) is 0 Å². The Morgan fingerprint density at radius 1 is 0.0940 bits per heavy atom. The van der Waals surface area contributed by atoms with Crippen LogP contribution in [-0.4, -0.2) is 0 Å². The smallest absolute Gasteiger partial charge is 0.0540 e. The molecule has 0 saturated heterocycles. The summed E-state index contributed by atoms with van der Waals surface area (Å²) in [5.74, 6) is 0. The van der Waals surface area contributed by atoms with Gasteiger partial charge in [-0.05, 0) is 327 Å². The molecule has 0 heterocycles. The van der Waals surface area contributed by atoms with Gasteiger partial charge in [-0.15, -0.1) is 0 Å². The first-order valence-corrected chi connectivity index (χ1v) is 51.2. The molecule has 0 amide bonds. The zero-order chi connectivity index (χ0) is 99.1. The van der Waals surface area contributed by atoms with E-state index < -0.39 is 0 Å². The highest BCUT2D eigenvalue weighted by atomic mass is 15.2. The van der Waals surface area contributed by atoms with E-state index in [9.17, 15) is 0 Å². The first-order chi connectivity index (χ1) is 73.9. The molecule has 25 rings (SSSR count). The van der Waals surface area contributed by atoms with E-state index in [0.29, 0.717) is 0 Å². The quantitative estimate of drug-likeness (QED) is 0.0528. The average Bonchev–Trinajstić information content (AvgIpc) is 0.752. The van der Waals surface area contributed by atoms with Crippen LogP contribution in [0.15, 0.2) is 613 Å². The van der Waals surface area contributed by atoms with Gasteiger partial charge in [-0.1, -0.05) is 479 Å². The zero-order valence-electron chi connectivity index (χ0n) is 82.2. The number of rotatable bonds is 25. The van der Waals surface area contributed by atoms with Crippen LogP contribution in [0.1, 0.15) is 0 Å². The maximum absolute atomic E-state index is 2.42. The second kappa shape index (κ2) is 41.0. The minimum atomic E-state index is 1.04. The standard InChI is InChI=1S/C146H101N3/c1-9-36-102(37-10-1)104-70-83-127(84-71-104)148(131-59-32-54-119(100-131)103-38-11-2-12-39-103)128-89-76-109(77-90-128)136-65-34-67-138(145(136)113-46-19-6-20-47-113)121-55-30-52-117(97-121)116-51-29-50-115(96-116)105-72-85-129(86-73-105)149(143-69-28-27-60-133(143)106-40-13-3-14-41-106)130-93-78-110(79-94-130)137-66-35-68-139(146(137)114-48-21-7-22-49-114)122-56-31-53-118(98-122)120-82-95-132-123(99-120)101-142(141-62-26-25-61-140(132)141)111-80-91-126(92-81-111)147(124-57-23-8-24-58-124)125-87-74-108(75-88-125)135-64-33-63-134(107-42-15-4-16-43-107)144(135)112-44-17-5-18-45-112/h1-101H. The maximum atomic E-state index is 2.42. The molecule has 0 aliphatic rings. The predicted octanol–water partition coefficient (Wildman–Crippen LogP) is 41.1. The molecule has 25 aromatic rings. The van der Waals surface area contributed by atoms with Crippen molar-refractivity contribution < 1.29 is 0 Å². The van der Waals surface area contributed by atoms with Crippen LogP contribution in [0, 0.1) is 0 Å². The Morgan fingerprint density at radius 2 is 0.315 bits per heavy atom. The highest BCUT2D eigenvalue weighted by molar-refractivity contribution is 6.15. The van der Waals surface area contributed by atoms with Crippen LogP contribution in [0.4, 0.5) is 51.2 Å².